The molecule has 2 rings (SSSR count). The molecule has 18 heavy (non-hydrogen) atoms. The number of thiol groups is 1. The summed E-state index contributed by atoms with van der Waals surface area (Å²) in [4.78, 5) is 13.1. The predicted octanol–water partition coefficient (Wildman–Crippen LogP) is 1.94. The number of fused-ring (bicyclic) bond motifs is 1. The Morgan fingerprint density at radius 2 is 2.33 bits per heavy atom. The molecule has 0 bridgehead atoms. The topological polar surface area (TPSA) is 29.5 Å². The maximum atomic E-state index is 11.4. The highest BCUT2D eigenvalue weighted by molar-refractivity contribution is 7.81. The van der Waals surface area contributed by atoms with Crippen LogP contribution in [0.3, 0.4) is 0 Å². The molecule has 0 unspecified atom stereocenters. The van der Waals surface area contributed by atoms with Gasteiger partial charge in [-0.25, -0.2) is 0 Å². The molecule has 3 nitrogen and oxygen atoms in total. The number of rotatable bonds is 4. The summed E-state index contributed by atoms with van der Waals surface area (Å²) in [5, 5.41) is 0. The average Bonchev–Trinajstić information content (AvgIpc) is 2.43. The van der Waals surface area contributed by atoms with Crippen LogP contribution in [0.1, 0.15) is 17.5 Å². The largest absolute Gasteiger partial charge is 0.493 e. The molecule has 0 saturated carbocycles. The van der Waals surface area contributed by atoms with Gasteiger partial charge in [0.25, 0.3) is 0 Å². The van der Waals surface area contributed by atoms with Crippen molar-refractivity contribution >= 4 is 18.5 Å². The lowest BCUT2D eigenvalue weighted by atomic mass is 10.0. The van der Waals surface area contributed by atoms with Gasteiger partial charge in [0.2, 0.25) is 5.91 Å². The van der Waals surface area contributed by atoms with Gasteiger partial charge in [-0.05, 0) is 36.5 Å². The molecule has 1 aromatic rings. The van der Waals surface area contributed by atoms with Crippen molar-refractivity contribution in [2.24, 2.45) is 0 Å². The summed E-state index contributed by atoms with van der Waals surface area (Å²) in [5.74, 6) is 1.36. The molecule has 0 aliphatic carbocycles. The summed E-state index contributed by atoms with van der Waals surface area (Å²) in [6.45, 7) is 1.56. The minimum atomic E-state index is 0.0691. The second-order valence-electron chi connectivity index (χ2n) is 4.62. The number of carbonyl (C=O) groups is 1. The van der Waals surface area contributed by atoms with Crippen LogP contribution >= 0.6 is 12.6 Å². The maximum Gasteiger partial charge on any atom is 0.232 e. The zero-order valence-corrected chi connectivity index (χ0v) is 11.6. The van der Waals surface area contributed by atoms with Gasteiger partial charge in [0.15, 0.2) is 0 Å². The Morgan fingerprint density at radius 3 is 3.11 bits per heavy atom. The second-order valence-corrected chi connectivity index (χ2v) is 4.93. The van der Waals surface area contributed by atoms with E-state index in [1.165, 1.54) is 11.1 Å². The monoisotopic (exact) mass is 265 g/mol. The van der Waals surface area contributed by atoms with E-state index in [1.54, 1.807) is 4.90 Å². The zero-order valence-electron chi connectivity index (χ0n) is 10.7. The van der Waals surface area contributed by atoms with Crippen LogP contribution < -0.4 is 4.74 Å². The maximum absolute atomic E-state index is 11.4. The Bertz CT molecular complexity index is 434. The van der Waals surface area contributed by atoms with Gasteiger partial charge >= 0.3 is 0 Å². The summed E-state index contributed by atoms with van der Waals surface area (Å²) in [7, 11) is 1.82. The molecule has 0 atom stereocenters. The molecule has 0 N–H and O–H groups in total. The fraction of sp³-hybridized carbons (Fsp3) is 0.500. The SMILES string of the molecule is CN(CCc1ccc2c(c1)CCCO2)C(=O)CS. The number of hydrogen-bond donors (Lipinski definition) is 1. The van der Waals surface area contributed by atoms with Gasteiger partial charge in [0.05, 0.1) is 12.4 Å². The minimum Gasteiger partial charge on any atom is -0.493 e. The van der Waals surface area contributed by atoms with E-state index in [4.69, 9.17) is 4.74 Å². The molecule has 1 heterocycles. The van der Waals surface area contributed by atoms with Crippen molar-refractivity contribution < 1.29 is 9.53 Å². The van der Waals surface area contributed by atoms with Crippen LogP contribution in [0.4, 0.5) is 0 Å². The van der Waals surface area contributed by atoms with E-state index in [0.717, 1.165) is 38.2 Å². The van der Waals surface area contributed by atoms with Crippen LogP contribution in [0.2, 0.25) is 0 Å². The predicted molar refractivity (Wildman–Crippen MR) is 75.5 cm³/mol. The first-order chi connectivity index (χ1) is 8.70. The Morgan fingerprint density at radius 1 is 1.50 bits per heavy atom. The van der Waals surface area contributed by atoms with E-state index >= 15 is 0 Å². The standard InChI is InChI=1S/C14H19NO2S/c1-15(14(16)10-18)7-6-11-4-5-13-12(9-11)3-2-8-17-13/h4-5,9,18H,2-3,6-8,10H2,1H3. The second kappa shape index (κ2) is 6.14. The van der Waals surface area contributed by atoms with E-state index in [1.807, 2.05) is 13.1 Å². The highest BCUT2D eigenvalue weighted by Crippen LogP contribution is 2.25. The van der Waals surface area contributed by atoms with Crippen molar-refractivity contribution in [2.45, 2.75) is 19.3 Å². The molecule has 0 fully saturated rings. The van der Waals surface area contributed by atoms with Crippen LogP contribution in [-0.4, -0.2) is 36.8 Å². The lowest BCUT2D eigenvalue weighted by Crippen LogP contribution is -2.29. The van der Waals surface area contributed by atoms with Gasteiger partial charge in [-0.3, -0.25) is 4.79 Å². The fourth-order valence-corrected chi connectivity index (χ4v) is 2.35. The number of aryl methyl sites for hydroxylation is 1. The number of ether oxygens (including phenoxy) is 1. The molecule has 1 aromatic carbocycles. The van der Waals surface area contributed by atoms with Gasteiger partial charge in [0, 0.05) is 13.6 Å². The first kappa shape index (κ1) is 13.3. The lowest BCUT2D eigenvalue weighted by Gasteiger charge is -2.19. The molecule has 1 aliphatic rings. The Hall–Kier alpha value is -1.16. The molecular weight excluding hydrogens is 246 g/mol. The molecule has 1 aliphatic heterocycles. The van der Waals surface area contributed by atoms with Crippen LogP contribution in [0.15, 0.2) is 18.2 Å². The number of hydrogen-bond acceptors (Lipinski definition) is 3. The molecule has 4 heteroatoms. The summed E-state index contributed by atoms with van der Waals surface area (Å²) in [5.41, 5.74) is 2.56. The summed E-state index contributed by atoms with van der Waals surface area (Å²) >= 11 is 3.99. The van der Waals surface area contributed by atoms with Crippen molar-refractivity contribution in [3.63, 3.8) is 0 Å². The Labute approximate surface area is 114 Å². The third-order valence-corrected chi connectivity index (χ3v) is 3.54. The molecule has 0 radical (unpaired) electrons. The highest BCUT2D eigenvalue weighted by Gasteiger charge is 2.11. The van der Waals surface area contributed by atoms with Crippen molar-refractivity contribution in [3.05, 3.63) is 29.3 Å². The van der Waals surface area contributed by atoms with E-state index in [0.29, 0.717) is 0 Å². The van der Waals surface area contributed by atoms with E-state index < -0.39 is 0 Å². The summed E-state index contributed by atoms with van der Waals surface area (Å²) in [6.07, 6.45) is 3.06. The minimum absolute atomic E-state index is 0.0691. The number of benzene rings is 1. The van der Waals surface area contributed by atoms with Crippen LogP contribution in [-0.2, 0) is 17.6 Å². The lowest BCUT2D eigenvalue weighted by molar-refractivity contribution is -0.127. The molecule has 1 amide bonds. The van der Waals surface area contributed by atoms with Crippen LogP contribution in [0.5, 0.6) is 5.75 Å². The van der Waals surface area contributed by atoms with E-state index in [-0.39, 0.29) is 11.7 Å². The molecule has 0 aromatic heterocycles. The van der Waals surface area contributed by atoms with Gasteiger partial charge in [-0.2, -0.15) is 12.6 Å². The fourth-order valence-electron chi connectivity index (χ4n) is 2.11. The number of carbonyl (C=O) groups excluding carboxylic acids is 1. The zero-order chi connectivity index (χ0) is 13.0. The molecule has 0 saturated heterocycles. The average molecular weight is 265 g/mol. The van der Waals surface area contributed by atoms with Crippen molar-refractivity contribution in [2.75, 3.05) is 26.0 Å². The summed E-state index contributed by atoms with van der Waals surface area (Å²) in [6, 6.07) is 6.33. The Balaban J connectivity index is 1.96. The van der Waals surface area contributed by atoms with Crippen molar-refractivity contribution in [3.8, 4) is 5.75 Å². The van der Waals surface area contributed by atoms with E-state index in [2.05, 4.69) is 24.8 Å². The number of likely N-dealkylation sites (N-methyl/N-ethyl adjacent to an activating group) is 1. The van der Waals surface area contributed by atoms with Crippen molar-refractivity contribution in [1.29, 1.82) is 0 Å². The molecular formula is C14H19NO2S. The first-order valence-corrected chi connectivity index (χ1v) is 6.93. The molecule has 0 spiro atoms. The quantitative estimate of drug-likeness (QED) is 0.843. The highest BCUT2D eigenvalue weighted by atomic mass is 32.1. The van der Waals surface area contributed by atoms with Crippen LogP contribution in [0.25, 0.3) is 0 Å². The van der Waals surface area contributed by atoms with Crippen LogP contribution in [0, 0.1) is 0 Å². The normalized spacial score (nSPS) is 13.7. The van der Waals surface area contributed by atoms with Gasteiger partial charge in [-0.1, -0.05) is 12.1 Å². The number of nitrogens with zero attached hydrogens (tertiary/aromatic N) is 1. The Kier molecular flexibility index (Phi) is 4.53. The van der Waals surface area contributed by atoms with Gasteiger partial charge in [-0.15, -0.1) is 0 Å². The van der Waals surface area contributed by atoms with Gasteiger partial charge < -0.3 is 9.64 Å². The summed E-state index contributed by atoms with van der Waals surface area (Å²) < 4.78 is 5.59. The first-order valence-electron chi connectivity index (χ1n) is 6.30. The third kappa shape index (κ3) is 3.19. The number of amides is 1. The van der Waals surface area contributed by atoms with Crippen molar-refractivity contribution in [1.82, 2.24) is 4.90 Å². The smallest absolute Gasteiger partial charge is 0.232 e. The molecule has 98 valence electrons. The third-order valence-electron chi connectivity index (χ3n) is 3.27. The van der Waals surface area contributed by atoms with Gasteiger partial charge in [0.1, 0.15) is 5.75 Å². The van der Waals surface area contributed by atoms with E-state index in [9.17, 15) is 4.79 Å².